The van der Waals surface area contributed by atoms with Crippen molar-refractivity contribution in [2.45, 2.75) is 25.6 Å². The second kappa shape index (κ2) is 10.7. The van der Waals surface area contributed by atoms with Gasteiger partial charge in [0, 0.05) is 19.2 Å². The number of amides is 1. The number of methoxy groups -OCH3 is 2. The Morgan fingerprint density at radius 2 is 1.67 bits per heavy atom. The van der Waals surface area contributed by atoms with Gasteiger partial charge in [0.15, 0.2) is 23.0 Å². The number of hydrogen-bond acceptors (Lipinski definition) is 6. The molecule has 0 unspecified atom stereocenters. The summed E-state index contributed by atoms with van der Waals surface area (Å²) in [6.45, 7) is 2.77. The SMILES string of the molecule is COc1ccc(CCN(C[C@H](C)c2ccccc2)C(=O)Oc2ccc3c(c2)OC(F)(F)O3)cc1OC. The molecular formula is C27H27F2NO6. The first kappa shape index (κ1) is 25.1. The summed E-state index contributed by atoms with van der Waals surface area (Å²) < 4.78 is 51.8. The van der Waals surface area contributed by atoms with Gasteiger partial charge in [-0.1, -0.05) is 43.3 Å². The molecule has 1 atom stereocenters. The first-order chi connectivity index (χ1) is 17.3. The van der Waals surface area contributed by atoms with E-state index in [1.54, 1.807) is 19.1 Å². The largest absolute Gasteiger partial charge is 0.586 e. The molecule has 3 aromatic rings. The Balaban J connectivity index is 1.50. The Hall–Kier alpha value is -4.01. The van der Waals surface area contributed by atoms with Gasteiger partial charge in [0.2, 0.25) is 0 Å². The van der Waals surface area contributed by atoms with E-state index >= 15 is 0 Å². The number of carbonyl (C=O) groups excluding carboxylic acids is 1. The minimum Gasteiger partial charge on any atom is -0.493 e. The first-order valence-corrected chi connectivity index (χ1v) is 11.4. The van der Waals surface area contributed by atoms with E-state index in [1.165, 1.54) is 18.2 Å². The predicted molar refractivity (Wildman–Crippen MR) is 128 cm³/mol. The van der Waals surface area contributed by atoms with Gasteiger partial charge in [-0.2, -0.15) is 0 Å². The van der Waals surface area contributed by atoms with E-state index in [0.29, 0.717) is 31.0 Å². The molecule has 1 aliphatic rings. The normalized spacial score (nSPS) is 14.1. The summed E-state index contributed by atoms with van der Waals surface area (Å²) >= 11 is 0. The lowest BCUT2D eigenvalue weighted by atomic mass is 10.0. The molecule has 1 amide bonds. The Labute approximate surface area is 208 Å². The van der Waals surface area contributed by atoms with Crippen molar-refractivity contribution in [3.05, 3.63) is 77.9 Å². The fourth-order valence-corrected chi connectivity index (χ4v) is 3.93. The van der Waals surface area contributed by atoms with E-state index in [4.69, 9.17) is 14.2 Å². The van der Waals surface area contributed by atoms with Gasteiger partial charge in [-0.25, -0.2) is 4.79 Å². The molecule has 3 aromatic carbocycles. The lowest BCUT2D eigenvalue weighted by Gasteiger charge is -2.26. The van der Waals surface area contributed by atoms with Gasteiger partial charge in [-0.3, -0.25) is 0 Å². The zero-order valence-corrected chi connectivity index (χ0v) is 20.2. The van der Waals surface area contributed by atoms with Gasteiger partial charge in [-0.15, -0.1) is 8.78 Å². The lowest BCUT2D eigenvalue weighted by molar-refractivity contribution is -0.286. The van der Waals surface area contributed by atoms with Gasteiger partial charge in [-0.05, 0) is 47.7 Å². The average molecular weight is 500 g/mol. The molecule has 0 fully saturated rings. The molecule has 0 bridgehead atoms. The van der Waals surface area contributed by atoms with E-state index in [2.05, 4.69) is 9.47 Å². The Morgan fingerprint density at radius 3 is 2.39 bits per heavy atom. The van der Waals surface area contributed by atoms with Gasteiger partial charge in [0.05, 0.1) is 14.2 Å². The van der Waals surface area contributed by atoms with Crippen LogP contribution in [0.2, 0.25) is 0 Å². The fourth-order valence-electron chi connectivity index (χ4n) is 3.93. The Morgan fingerprint density at radius 1 is 0.944 bits per heavy atom. The van der Waals surface area contributed by atoms with Crippen molar-refractivity contribution in [3.63, 3.8) is 0 Å². The van der Waals surface area contributed by atoms with Crippen molar-refractivity contribution in [2.75, 3.05) is 27.3 Å². The minimum absolute atomic E-state index is 0.0274. The Bertz CT molecular complexity index is 1200. The second-order valence-electron chi connectivity index (χ2n) is 8.34. The van der Waals surface area contributed by atoms with Crippen LogP contribution in [0.1, 0.15) is 24.0 Å². The molecule has 7 nitrogen and oxygen atoms in total. The predicted octanol–water partition coefficient (Wildman–Crippen LogP) is 5.87. The summed E-state index contributed by atoms with van der Waals surface area (Å²) in [5.41, 5.74) is 2.02. The number of nitrogens with zero attached hydrogens (tertiary/aromatic N) is 1. The monoisotopic (exact) mass is 499 g/mol. The third kappa shape index (κ3) is 5.97. The zero-order chi connectivity index (χ0) is 25.7. The van der Waals surface area contributed by atoms with Gasteiger partial charge >= 0.3 is 12.4 Å². The number of fused-ring (bicyclic) bond motifs is 1. The highest BCUT2D eigenvalue weighted by atomic mass is 19.3. The average Bonchev–Trinajstić information content (AvgIpc) is 3.19. The Kier molecular flexibility index (Phi) is 7.47. The minimum atomic E-state index is -3.75. The van der Waals surface area contributed by atoms with Crippen LogP contribution in [0.25, 0.3) is 0 Å². The molecule has 1 aliphatic heterocycles. The molecule has 4 rings (SSSR count). The molecular weight excluding hydrogens is 472 g/mol. The zero-order valence-electron chi connectivity index (χ0n) is 20.2. The van der Waals surface area contributed by atoms with E-state index in [-0.39, 0.29) is 23.2 Å². The van der Waals surface area contributed by atoms with Crippen molar-refractivity contribution >= 4 is 6.09 Å². The maximum atomic E-state index is 13.4. The van der Waals surface area contributed by atoms with Crippen LogP contribution in [-0.2, 0) is 6.42 Å². The van der Waals surface area contributed by atoms with E-state index in [0.717, 1.165) is 11.1 Å². The molecule has 0 saturated heterocycles. The number of benzene rings is 3. The van der Waals surface area contributed by atoms with Crippen LogP contribution in [0.4, 0.5) is 13.6 Å². The first-order valence-electron chi connectivity index (χ1n) is 11.4. The standard InChI is InChI=1S/C27H27F2NO6/c1-18(20-7-5-4-6-8-20)17-30(14-13-19-9-11-22(32-2)24(15-19)33-3)26(31)34-21-10-12-23-25(16-21)36-27(28,29)35-23/h4-12,15-16,18H,13-14,17H2,1-3H3/t18-/m0/s1. The van der Waals surface area contributed by atoms with Crippen molar-refractivity contribution in [1.29, 1.82) is 0 Å². The molecule has 36 heavy (non-hydrogen) atoms. The maximum Gasteiger partial charge on any atom is 0.586 e. The number of rotatable bonds is 9. The van der Waals surface area contributed by atoms with Crippen LogP contribution in [0.15, 0.2) is 66.7 Å². The van der Waals surface area contributed by atoms with Crippen molar-refractivity contribution in [2.24, 2.45) is 0 Å². The summed E-state index contributed by atoms with van der Waals surface area (Å²) in [4.78, 5) is 14.8. The second-order valence-corrected chi connectivity index (χ2v) is 8.34. The van der Waals surface area contributed by atoms with Crippen molar-refractivity contribution in [3.8, 4) is 28.7 Å². The summed E-state index contributed by atoms with van der Waals surface area (Å²) in [5, 5.41) is 0. The molecule has 0 aliphatic carbocycles. The summed E-state index contributed by atoms with van der Waals surface area (Å²) in [6.07, 6.45) is -3.82. The lowest BCUT2D eigenvalue weighted by Crippen LogP contribution is -2.38. The van der Waals surface area contributed by atoms with Crippen molar-refractivity contribution < 1.29 is 37.3 Å². The number of alkyl halides is 2. The maximum absolute atomic E-state index is 13.4. The fraction of sp³-hybridized carbons (Fsp3) is 0.296. The van der Waals surface area contributed by atoms with Crippen molar-refractivity contribution in [1.82, 2.24) is 4.90 Å². The molecule has 0 saturated carbocycles. The molecule has 9 heteroatoms. The number of halogens is 2. The quantitative estimate of drug-likeness (QED) is 0.367. The van der Waals surface area contributed by atoms with Gasteiger partial charge in [0.1, 0.15) is 5.75 Å². The molecule has 0 N–H and O–H groups in total. The number of ether oxygens (including phenoxy) is 5. The highest BCUT2D eigenvalue weighted by molar-refractivity contribution is 5.71. The van der Waals surface area contributed by atoms with Crippen LogP contribution in [0, 0.1) is 0 Å². The van der Waals surface area contributed by atoms with Crippen LogP contribution >= 0.6 is 0 Å². The smallest absolute Gasteiger partial charge is 0.493 e. The molecule has 0 spiro atoms. The summed E-state index contributed by atoms with van der Waals surface area (Å²) in [5.74, 6) is 0.994. The highest BCUT2D eigenvalue weighted by Crippen LogP contribution is 2.42. The van der Waals surface area contributed by atoms with Crippen LogP contribution in [0.3, 0.4) is 0 Å². The topological polar surface area (TPSA) is 66.5 Å². The van der Waals surface area contributed by atoms with Crippen LogP contribution in [-0.4, -0.2) is 44.6 Å². The van der Waals surface area contributed by atoms with E-state index < -0.39 is 12.4 Å². The number of carbonyl (C=O) groups is 1. The van der Waals surface area contributed by atoms with Gasteiger partial charge in [0.25, 0.3) is 0 Å². The third-order valence-electron chi connectivity index (χ3n) is 5.82. The van der Waals surface area contributed by atoms with Crippen LogP contribution < -0.4 is 23.7 Å². The summed E-state index contributed by atoms with van der Waals surface area (Å²) in [7, 11) is 3.13. The van der Waals surface area contributed by atoms with E-state index in [1.807, 2.05) is 55.5 Å². The molecule has 0 radical (unpaired) electrons. The number of hydrogen-bond donors (Lipinski definition) is 0. The van der Waals surface area contributed by atoms with Crippen LogP contribution in [0.5, 0.6) is 28.7 Å². The highest BCUT2D eigenvalue weighted by Gasteiger charge is 2.43. The van der Waals surface area contributed by atoms with Gasteiger partial charge < -0.3 is 28.6 Å². The summed E-state index contributed by atoms with van der Waals surface area (Å²) in [6, 6.07) is 19.3. The third-order valence-corrected chi connectivity index (χ3v) is 5.82. The van der Waals surface area contributed by atoms with E-state index in [9.17, 15) is 13.6 Å². The molecule has 1 heterocycles. The molecule has 0 aromatic heterocycles. The molecule has 190 valence electrons.